The zero-order chi connectivity index (χ0) is 11.4. The van der Waals surface area contributed by atoms with E-state index < -0.39 is 18.1 Å². The number of rotatable bonds is 4. The minimum atomic E-state index is -1.05. The Hall–Kier alpha value is -1.14. The molecular weight excluding hydrogens is 200 g/mol. The van der Waals surface area contributed by atoms with Crippen molar-refractivity contribution in [2.75, 3.05) is 20.1 Å². The molecule has 0 radical (unpaired) electrons. The Bertz CT molecular complexity index is 256. The number of nitrogens with zero attached hydrogens (tertiary/aromatic N) is 1. The molecule has 0 saturated carbocycles. The molecule has 6 nitrogen and oxygen atoms in total. The number of carboxylic acid groups (broad SMARTS) is 1. The predicted molar refractivity (Wildman–Crippen MR) is 52.3 cm³/mol. The summed E-state index contributed by atoms with van der Waals surface area (Å²) in [6.45, 7) is 0.636. The van der Waals surface area contributed by atoms with Crippen LogP contribution in [-0.2, 0) is 9.59 Å². The summed E-state index contributed by atoms with van der Waals surface area (Å²) in [5.41, 5.74) is 0. The monoisotopic (exact) mass is 216 g/mol. The van der Waals surface area contributed by atoms with Crippen LogP contribution in [0.2, 0.25) is 0 Å². The predicted octanol–water partition coefficient (Wildman–Crippen LogP) is -1.36. The van der Waals surface area contributed by atoms with Crippen molar-refractivity contribution >= 4 is 11.9 Å². The molecule has 86 valence electrons. The van der Waals surface area contributed by atoms with Crippen molar-refractivity contribution < 1.29 is 19.8 Å². The van der Waals surface area contributed by atoms with Crippen LogP contribution in [0.15, 0.2) is 0 Å². The molecule has 15 heavy (non-hydrogen) atoms. The maximum Gasteiger partial charge on any atom is 0.326 e. The lowest BCUT2D eigenvalue weighted by Crippen LogP contribution is -2.41. The zero-order valence-corrected chi connectivity index (χ0v) is 8.64. The number of β-amino-alcohol motifs (C(OH)–C–C–N with tert-alkyl or cyclic N) is 1. The van der Waals surface area contributed by atoms with Crippen molar-refractivity contribution in [3.8, 4) is 0 Å². The Labute approximate surface area is 87.9 Å². The molecule has 0 aromatic heterocycles. The first-order valence-electron chi connectivity index (χ1n) is 4.91. The van der Waals surface area contributed by atoms with Crippen LogP contribution in [0, 0.1) is 0 Å². The highest BCUT2D eigenvalue weighted by Crippen LogP contribution is 2.18. The molecule has 1 saturated heterocycles. The van der Waals surface area contributed by atoms with Crippen LogP contribution in [0.1, 0.15) is 12.8 Å². The summed E-state index contributed by atoms with van der Waals surface area (Å²) in [5.74, 6) is -1.28. The van der Waals surface area contributed by atoms with Gasteiger partial charge in [0.05, 0.1) is 6.10 Å². The molecule has 1 unspecified atom stereocenters. The van der Waals surface area contributed by atoms with Crippen LogP contribution >= 0.6 is 0 Å². The maximum atomic E-state index is 11.6. The van der Waals surface area contributed by atoms with Gasteiger partial charge in [-0.05, 0) is 7.05 Å². The number of aliphatic carboxylic acids is 1. The molecule has 1 aliphatic heterocycles. The van der Waals surface area contributed by atoms with Crippen LogP contribution in [0.25, 0.3) is 0 Å². The third-order valence-electron chi connectivity index (χ3n) is 2.47. The highest BCUT2D eigenvalue weighted by atomic mass is 16.4. The number of nitrogens with one attached hydrogen (secondary N) is 1. The van der Waals surface area contributed by atoms with Crippen molar-refractivity contribution in [1.82, 2.24) is 10.2 Å². The average molecular weight is 216 g/mol. The van der Waals surface area contributed by atoms with Crippen LogP contribution in [0.4, 0.5) is 0 Å². The van der Waals surface area contributed by atoms with Gasteiger partial charge in [-0.15, -0.1) is 0 Å². The van der Waals surface area contributed by atoms with Gasteiger partial charge < -0.3 is 20.4 Å². The van der Waals surface area contributed by atoms with Crippen molar-refractivity contribution in [3.05, 3.63) is 0 Å². The van der Waals surface area contributed by atoms with Gasteiger partial charge in [0.25, 0.3) is 0 Å². The van der Waals surface area contributed by atoms with E-state index in [1.807, 2.05) is 0 Å². The molecule has 6 heteroatoms. The summed E-state index contributed by atoms with van der Waals surface area (Å²) in [7, 11) is 1.72. The fourth-order valence-electron chi connectivity index (χ4n) is 1.70. The van der Waals surface area contributed by atoms with E-state index in [2.05, 4.69) is 5.32 Å². The second-order valence-electron chi connectivity index (χ2n) is 3.64. The third-order valence-corrected chi connectivity index (χ3v) is 2.47. The van der Waals surface area contributed by atoms with Crippen molar-refractivity contribution in [1.29, 1.82) is 0 Å². The van der Waals surface area contributed by atoms with Gasteiger partial charge in [0.2, 0.25) is 5.91 Å². The van der Waals surface area contributed by atoms with Crippen molar-refractivity contribution in [3.63, 3.8) is 0 Å². The highest BCUT2D eigenvalue weighted by Gasteiger charge is 2.38. The van der Waals surface area contributed by atoms with Crippen LogP contribution in [0.5, 0.6) is 0 Å². The topological polar surface area (TPSA) is 89.9 Å². The fourth-order valence-corrected chi connectivity index (χ4v) is 1.70. The van der Waals surface area contributed by atoms with Crippen LogP contribution in [-0.4, -0.2) is 59.3 Å². The quantitative estimate of drug-likeness (QED) is 0.540. The average Bonchev–Trinajstić information content (AvgIpc) is 2.57. The van der Waals surface area contributed by atoms with Crippen molar-refractivity contribution in [2.45, 2.75) is 25.0 Å². The molecule has 0 aromatic carbocycles. The minimum Gasteiger partial charge on any atom is -0.480 e. The Morgan fingerprint density at radius 2 is 2.20 bits per heavy atom. The second-order valence-corrected chi connectivity index (χ2v) is 3.64. The summed E-state index contributed by atoms with van der Waals surface area (Å²) < 4.78 is 0. The molecule has 2 atom stereocenters. The van der Waals surface area contributed by atoms with Crippen LogP contribution in [0.3, 0.4) is 0 Å². The minimum absolute atomic E-state index is 0.125. The number of carbonyl (C=O) groups excluding carboxylic acids is 1. The van der Waals surface area contributed by atoms with Gasteiger partial charge in [0, 0.05) is 25.9 Å². The van der Waals surface area contributed by atoms with Gasteiger partial charge in [0.1, 0.15) is 6.04 Å². The number of hydrogen-bond acceptors (Lipinski definition) is 4. The number of carboxylic acids is 1. The lowest BCUT2D eigenvalue weighted by molar-refractivity contribution is -0.148. The Morgan fingerprint density at radius 1 is 1.53 bits per heavy atom. The molecule has 1 rings (SSSR count). The number of likely N-dealkylation sites (tertiary alicyclic amines) is 1. The summed E-state index contributed by atoms with van der Waals surface area (Å²) in [4.78, 5) is 23.6. The molecular formula is C9H16N2O4. The van der Waals surface area contributed by atoms with E-state index in [1.165, 1.54) is 4.90 Å². The molecule has 1 fully saturated rings. The molecule has 0 bridgehead atoms. The SMILES string of the molecule is CNCCC(=O)N1CC(O)C[C@H]1C(=O)O. The van der Waals surface area contributed by atoms with Gasteiger partial charge in [-0.1, -0.05) is 0 Å². The van der Waals surface area contributed by atoms with E-state index >= 15 is 0 Å². The first-order valence-corrected chi connectivity index (χ1v) is 4.91. The number of aliphatic hydroxyl groups excluding tert-OH is 1. The maximum absolute atomic E-state index is 11.6. The van der Waals surface area contributed by atoms with Crippen LogP contribution < -0.4 is 5.32 Å². The number of aliphatic hydroxyl groups is 1. The Kier molecular flexibility index (Phi) is 4.05. The molecule has 0 spiro atoms. The number of amides is 1. The standard InChI is InChI=1S/C9H16N2O4/c1-10-3-2-8(13)11-5-6(12)4-7(11)9(14)15/h6-7,10,12H,2-5H2,1H3,(H,14,15)/t6?,7-/m0/s1. The molecule has 3 N–H and O–H groups in total. The lowest BCUT2D eigenvalue weighted by Gasteiger charge is -2.20. The first kappa shape index (κ1) is 11.9. The van der Waals surface area contributed by atoms with Crippen molar-refractivity contribution in [2.24, 2.45) is 0 Å². The Balaban J connectivity index is 2.58. The number of carbonyl (C=O) groups is 2. The lowest BCUT2D eigenvalue weighted by atomic mass is 10.2. The summed E-state index contributed by atoms with van der Waals surface area (Å²) in [6, 6.07) is -0.871. The molecule has 0 aliphatic carbocycles. The number of hydrogen-bond donors (Lipinski definition) is 3. The first-order chi connectivity index (χ1) is 7.06. The van der Waals surface area contributed by atoms with E-state index in [-0.39, 0.29) is 25.3 Å². The summed E-state index contributed by atoms with van der Waals surface area (Å²) in [6.07, 6.45) is -0.335. The van der Waals surface area contributed by atoms with Gasteiger partial charge >= 0.3 is 5.97 Å². The summed E-state index contributed by atoms with van der Waals surface area (Å²) >= 11 is 0. The van der Waals surface area contributed by atoms with Gasteiger partial charge in [-0.25, -0.2) is 4.79 Å². The van der Waals surface area contributed by atoms with E-state index in [4.69, 9.17) is 5.11 Å². The van der Waals surface area contributed by atoms with Gasteiger partial charge in [-0.3, -0.25) is 4.79 Å². The highest BCUT2D eigenvalue weighted by molar-refractivity contribution is 5.84. The Morgan fingerprint density at radius 3 is 2.73 bits per heavy atom. The smallest absolute Gasteiger partial charge is 0.326 e. The molecule has 1 aliphatic rings. The molecule has 1 heterocycles. The van der Waals surface area contributed by atoms with Gasteiger partial charge in [-0.2, -0.15) is 0 Å². The molecule has 0 aromatic rings. The molecule has 1 amide bonds. The normalized spacial score (nSPS) is 25.6. The zero-order valence-electron chi connectivity index (χ0n) is 8.64. The van der Waals surface area contributed by atoms with Gasteiger partial charge in [0.15, 0.2) is 0 Å². The second kappa shape index (κ2) is 5.09. The third kappa shape index (κ3) is 2.90. The fraction of sp³-hybridized carbons (Fsp3) is 0.778. The van der Waals surface area contributed by atoms with E-state index in [0.29, 0.717) is 6.54 Å². The van der Waals surface area contributed by atoms with E-state index in [9.17, 15) is 14.7 Å². The summed E-state index contributed by atoms with van der Waals surface area (Å²) in [5, 5.41) is 21.0. The van der Waals surface area contributed by atoms with E-state index in [0.717, 1.165) is 0 Å². The van der Waals surface area contributed by atoms with E-state index in [1.54, 1.807) is 7.05 Å². The largest absolute Gasteiger partial charge is 0.480 e.